The Hall–Kier alpha value is -1.85. The average molecular weight is 369 g/mol. The van der Waals surface area contributed by atoms with Crippen molar-refractivity contribution in [1.82, 2.24) is 0 Å². The number of hydrogen-bond donors (Lipinski definition) is 2. The van der Waals surface area contributed by atoms with Gasteiger partial charge in [0.15, 0.2) is 0 Å². The van der Waals surface area contributed by atoms with Crippen LogP contribution in [0, 0.1) is 0 Å². The first kappa shape index (κ1) is 15.5. The highest BCUT2D eigenvalue weighted by atomic mass is 79.9. The van der Waals surface area contributed by atoms with Crippen molar-refractivity contribution in [2.75, 3.05) is 5.32 Å². The Kier molecular flexibility index (Phi) is 4.98. The fraction of sp³-hybridized carbons (Fsp3) is 0.0667. The summed E-state index contributed by atoms with van der Waals surface area (Å²) < 4.78 is 0.877. The first-order chi connectivity index (χ1) is 9.95. The zero-order chi connectivity index (χ0) is 15.4. The Balaban J connectivity index is 2.16. The molecule has 0 bridgehead atoms. The van der Waals surface area contributed by atoms with E-state index in [2.05, 4.69) is 21.2 Å². The van der Waals surface area contributed by atoms with Gasteiger partial charge in [0.25, 0.3) is 0 Å². The molecule has 0 spiro atoms. The summed E-state index contributed by atoms with van der Waals surface area (Å²) in [6.45, 7) is 0. The molecular weight excluding hydrogens is 358 g/mol. The van der Waals surface area contributed by atoms with Crippen LogP contribution < -0.4 is 5.32 Å². The first-order valence-electron chi connectivity index (χ1n) is 6.03. The molecule has 0 aliphatic rings. The van der Waals surface area contributed by atoms with Crippen molar-refractivity contribution in [1.29, 1.82) is 0 Å². The molecule has 2 rings (SSSR count). The summed E-state index contributed by atoms with van der Waals surface area (Å²) in [7, 11) is 0. The van der Waals surface area contributed by atoms with Gasteiger partial charge >= 0.3 is 5.97 Å². The third-order valence-corrected chi connectivity index (χ3v) is 3.47. The topological polar surface area (TPSA) is 66.4 Å². The minimum atomic E-state index is -1.12. The highest BCUT2D eigenvalue weighted by molar-refractivity contribution is 9.10. The normalized spacial score (nSPS) is 10.2. The monoisotopic (exact) mass is 367 g/mol. The van der Waals surface area contributed by atoms with E-state index in [-0.39, 0.29) is 23.6 Å². The van der Waals surface area contributed by atoms with E-state index in [1.165, 1.54) is 18.2 Å². The molecule has 0 radical (unpaired) electrons. The molecule has 1 amide bonds. The lowest BCUT2D eigenvalue weighted by Crippen LogP contribution is -2.16. The minimum absolute atomic E-state index is 0.00184. The quantitative estimate of drug-likeness (QED) is 0.858. The molecule has 21 heavy (non-hydrogen) atoms. The standard InChI is InChI=1S/C15H11BrClNO3/c16-10-3-1-2-9(6-10)7-14(19)18-13-8-11(17)4-5-12(13)15(20)21/h1-6,8H,7H2,(H,18,19)(H,20,21). The number of benzene rings is 2. The summed E-state index contributed by atoms with van der Waals surface area (Å²) >= 11 is 9.17. The number of aromatic carboxylic acids is 1. The molecule has 0 saturated carbocycles. The molecule has 0 heterocycles. The number of hydrogen-bond acceptors (Lipinski definition) is 2. The Morgan fingerprint density at radius 2 is 1.95 bits per heavy atom. The summed E-state index contributed by atoms with van der Waals surface area (Å²) in [4.78, 5) is 23.1. The van der Waals surface area contributed by atoms with Gasteiger partial charge in [0.05, 0.1) is 17.7 Å². The molecule has 0 saturated heterocycles. The van der Waals surface area contributed by atoms with Gasteiger partial charge in [-0.3, -0.25) is 4.79 Å². The highest BCUT2D eigenvalue weighted by Gasteiger charge is 2.13. The Morgan fingerprint density at radius 1 is 1.19 bits per heavy atom. The van der Waals surface area contributed by atoms with E-state index < -0.39 is 5.97 Å². The number of carboxylic acids is 1. The SMILES string of the molecule is O=C(Cc1cccc(Br)c1)Nc1cc(Cl)ccc1C(=O)O. The molecule has 2 N–H and O–H groups in total. The van der Waals surface area contributed by atoms with Crippen LogP contribution in [0.4, 0.5) is 5.69 Å². The number of carbonyl (C=O) groups is 2. The van der Waals surface area contributed by atoms with Crippen molar-refractivity contribution in [2.24, 2.45) is 0 Å². The molecule has 0 aliphatic heterocycles. The first-order valence-corrected chi connectivity index (χ1v) is 7.20. The average Bonchev–Trinajstić information content (AvgIpc) is 2.38. The van der Waals surface area contributed by atoms with Gasteiger partial charge in [-0.25, -0.2) is 4.79 Å². The molecule has 0 unspecified atom stereocenters. The third kappa shape index (κ3) is 4.31. The molecule has 0 aromatic heterocycles. The summed E-state index contributed by atoms with van der Waals surface area (Å²) in [6.07, 6.45) is 0.144. The maximum Gasteiger partial charge on any atom is 0.337 e. The van der Waals surface area contributed by atoms with Crippen molar-refractivity contribution in [3.05, 3.63) is 63.1 Å². The Bertz CT molecular complexity index is 703. The van der Waals surface area contributed by atoms with Gasteiger partial charge in [-0.1, -0.05) is 39.7 Å². The number of halogens is 2. The Morgan fingerprint density at radius 3 is 2.62 bits per heavy atom. The molecule has 4 nitrogen and oxygen atoms in total. The van der Waals surface area contributed by atoms with Crippen LogP contribution in [-0.2, 0) is 11.2 Å². The zero-order valence-corrected chi connectivity index (χ0v) is 13.1. The van der Waals surface area contributed by atoms with Crippen molar-refractivity contribution < 1.29 is 14.7 Å². The maximum atomic E-state index is 12.0. The van der Waals surface area contributed by atoms with E-state index >= 15 is 0 Å². The van der Waals surface area contributed by atoms with Gasteiger partial charge < -0.3 is 10.4 Å². The van der Waals surface area contributed by atoms with Gasteiger partial charge in [0.1, 0.15) is 0 Å². The fourth-order valence-electron chi connectivity index (χ4n) is 1.83. The second-order valence-electron chi connectivity index (χ2n) is 4.35. The molecular formula is C15H11BrClNO3. The van der Waals surface area contributed by atoms with Crippen LogP contribution in [0.15, 0.2) is 46.9 Å². The largest absolute Gasteiger partial charge is 0.478 e. The van der Waals surface area contributed by atoms with E-state index in [1.807, 2.05) is 24.3 Å². The number of anilines is 1. The molecule has 0 atom stereocenters. The van der Waals surface area contributed by atoms with Gasteiger partial charge in [0, 0.05) is 9.50 Å². The van der Waals surface area contributed by atoms with E-state index in [9.17, 15) is 9.59 Å². The minimum Gasteiger partial charge on any atom is -0.478 e. The van der Waals surface area contributed by atoms with Crippen LogP contribution in [-0.4, -0.2) is 17.0 Å². The number of amides is 1. The van der Waals surface area contributed by atoms with Crippen molar-refractivity contribution in [3.63, 3.8) is 0 Å². The van der Waals surface area contributed by atoms with Gasteiger partial charge in [0.2, 0.25) is 5.91 Å². The molecule has 6 heteroatoms. The van der Waals surface area contributed by atoms with Gasteiger partial charge in [-0.15, -0.1) is 0 Å². The Labute approximate surface area is 134 Å². The summed E-state index contributed by atoms with van der Waals surface area (Å²) in [5.74, 6) is -1.43. The number of carbonyl (C=O) groups excluding carboxylic acids is 1. The van der Waals surface area contributed by atoms with E-state index in [1.54, 1.807) is 0 Å². The second kappa shape index (κ2) is 6.74. The number of rotatable bonds is 4. The van der Waals surface area contributed by atoms with Crippen LogP contribution in [0.1, 0.15) is 15.9 Å². The predicted molar refractivity (Wildman–Crippen MR) is 84.9 cm³/mol. The van der Waals surface area contributed by atoms with Crippen LogP contribution >= 0.6 is 27.5 Å². The number of nitrogens with one attached hydrogen (secondary N) is 1. The summed E-state index contributed by atoms with van der Waals surface area (Å²) in [5, 5.41) is 12.0. The van der Waals surface area contributed by atoms with Crippen molar-refractivity contribution in [2.45, 2.75) is 6.42 Å². The van der Waals surface area contributed by atoms with Crippen molar-refractivity contribution >= 4 is 45.1 Å². The molecule has 2 aromatic rings. The molecule has 0 aliphatic carbocycles. The third-order valence-electron chi connectivity index (χ3n) is 2.74. The van der Waals surface area contributed by atoms with Crippen LogP contribution in [0.3, 0.4) is 0 Å². The molecule has 108 valence electrons. The molecule has 2 aromatic carbocycles. The molecule has 0 fully saturated rings. The van der Waals surface area contributed by atoms with E-state index in [0.29, 0.717) is 5.02 Å². The van der Waals surface area contributed by atoms with E-state index in [4.69, 9.17) is 16.7 Å². The lowest BCUT2D eigenvalue weighted by atomic mass is 10.1. The van der Waals surface area contributed by atoms with E-state index in [0.717, 1.165) is 10.0 Å². The van der Waals surface area contributed by atoms with Crippen molar-refractivity contribution in [3.8, 4) is 0 Å². The lowest BCUT2D eigenvalue weighted by molar-refractivity contribution is -0.115. The van der Waals surface area contributed by atoms with Gasteiger partial charge in [-0.2, -0.15) is 0 Å². The smallest absolute Gasteiger partial charge is 0.337 e. The summed E-state index contributed by atoms with van der Waals surface area (Å²) in [5.41, 5.74) is 1.01. The maximum absolute atomic E-state index is 12.0. The van der Waals surface area contributed by atoms with Crippen LogP contribution in [0.25, 0.3) is 0 Å². The summed E-state index contributed by atoms with van der Waals surface area (Å²) in [6, 6.07) is 11.6. The fourth-order valence-corrected chi connectivity index (χ4v) is 2.45. The van der Waals surface area contributed by atoms with Gasteiger partial charge in [-0.05, 0) is 35.9 Å². The zero-order valence-electron chi connectivity index (χ0n) is 10.8. The number of carboxylic acid groups (broad SMARTS) is 1. The lowest BCUT2D eigenvalue weighted by Gasteiger charge is -2.09. The van der Waals surface area contributed by atoms with Crippen LogP contribution in [0.2, 0.25) is 5.02 Å². The second-order valence-corrected chi connectivity index (χ2v) is 5.70. The highest BCUT2D eigenvalue weighted by Crippen LogP contribution is 2.21. The van der Waals surface area contributed by atoms with Crippen LogP contribution in [0.5, 0.6) is 0 Å². The predicted octanol–water partition coefficient (Wildman–Crippen LogP) is 3.98.